The maximum Gasteiger partial charge on any atom is -0.0349 e. The van der Waals surface area contributed by atoms with Crippen LogP contribution in [0.2, 0.25) is 0 Å². The van der Waals surface area contributed by atoms with E-state index < -0.39 is 0 Å². The Labute approximate surface area is 76.7 Å². The lowest BCUT2D eigenvalue weighted by molar-refractivity contribution is 0.350. The first kappa shape index (κ1) is 8.59. The molecule has 0 amide bonds. The summed E-state index contributed by atoms with van der Waals surface area (Å²) in [6, 6.07) is 0. The molecular formula is C12H22. The SMILES string of the molecule is CCC(C)CC(C)CC1C2CC12. The Bertz CT molecular complexity index is 149. The number of fused-ring (bicyclic) bond motifs is 1. The Morgan fingerprint density at radius 1 is 1.17 bits per heavy atom. The van der Waals surface area contributed by atoms with E-state index in [4.69, 9.17) is 0 Å². The van der Waals surface area contributed by atoms with Crippen molar-refractivity contribution in [2.24, 2.45) is 29.6 Å². The predicted octanol–water partition coefficient (Wildman–Crippen LogP) is 3.71. The van der Waals surface area contributed by atoms with Crippen LogP contribution in [0.1, 0.15) is 46.5 Å². The number of hydrogen-bond acceptors (Lipinski definition) is 0. The summed E-state index contributed by atoms with van der Waals surface area (Å²) in [7, 11) is 0. The lowest BCUT2D eigenvalue weighted by Crippen LogP contribution is -2.05. The van der Waals surface area contributed by atoms with Gasteiger partial charge in [0.05, 0.1) is 0 Å². The molecule has 2 aliphatic carbocycles. The molecule has 12 heavy (non-hydrogen) atoms. The Hall–Kier alpha value is 0. The van der Waals surface area contributed by atoms with Crippen LogP contribution in [0.4, 0.5) is 0 Å². The summed E-state index contributed by atoms with van der Waals surface area (Å²) in [6.07, 6.45) is 5.95. The lowest BCUT2D eigenvalue weighted by atomic mass is 9.89. The molecule has 0 nitrogen and oxygen atoms in total. The van der Waals surface area contributed by atoms with Gasteiger partial charge in [0.1, 0.15) is 0 Å². The summed E-state index contributed by atoms with van der Waals surface area (Å²) in [6.45, 7) is 7.15. The minimum atomic E-state index is 0.954. The molecule has 2 fully saturated rings. The molecule has 2 saturated carbocycles. The summed E-state index contributed by atoms with van der Waals surface area (Å²) >= 11 is 0. The predicted molar refractivity (Wildman–Crippen MR) is 52.9 cm³/mol. The molecule has 0 heterocycles. The fourth-order valence-corrected chi connectivity index (χ4v) is 2.68. The van der Waals surface area contributed by atoms with Gasteiger partial charge < -0.3 is 0 Å². The third-order valence-electron chi connectivity index (χ3n) is 4.03. The summed E-state index contributed by atoms with van der Waals surface area (Å²) in [5.41, 5.74) is 0. The third-order valence-corrected chi connectivity index (χ3v) is 4.03. The van der Waals surface area contributed by atoms with E-state index in [1.165, 1.54) is 30.6 Å². The van der Waals surface area contributed by atoms with Gasteiger partial charge in [-0.3, -0.25) is 0 Å². The molecular weight excluding hydrogens is 144 g/mol. The molecule has 0 aromatic rings. The second-order valence-electron chi connectivity index (χ2n) is 5.32. The number of hydrogen-bond donors (Lipinski definition) is 0. The van der Waals surface area contributed by atoms with Crippen molar-refractivity contribution in [3.8, 4) is 0 Å². The number of rotatable bonds is 5. The van der Waals surface area contributed by atoms with Crippen LogP contribution in [0.25, 0.3) is 0 Å². The first-order chi connectivity index (χ1) is 5.72. The van der Waals surface area contributed by atoms with Crippen molar-refractivity contribution in [2.75, 3.05) is 0 Å². The van der Waals surface area contributed by atoms with E-state index in [9.17, 15) is 0 Å². The van der Waals surface area contributed by atoms with Crippen LogP contribution in [0.15, 0.2) is 0 Å². The van der Waals surface area contributed by atoms with Crippen LogP contribution in [-0.4, -0.2) is 0 Å². The second kappa shape index (κ2) is 3.05. The van der Waals surface area contributed by atoms with Crippen molar-refractivity contribution in [1.29, 1.82) is 0 Å². The van der Waals surface area contributed by atoms with Crippen molar-refractivity contribution in [3.05, 3.63) is 0 Å². The second-order valence-corrected chi connectivity index (χ2v) is 5.32. The topological polar surface area (TPSA) is 0 Å². The van der Waals surface area contributed by atoms with E-state index in [0.29, 0.717) is 0 Å². The zero-order valence-corrected chi connectivity index (χ0v) is 8.72. The van der Waals surface area contributed by atoms with Gasteiger partial charge in [-0.25, -0.2) is 0 Å². The molecule has 0 aromatic heterocycles. The van der Waals surface area contributed by atoms with Gasteiger partial charge in [-0.15, -0.1) is 0 Å². The molecule has 0 N–H and O–H groups in total. The van der Waals surface area contributed by atoms with Crippen LogP contribution in [0, 0.1) is 29.6 Å². The van der Waals surface area contributed by atoms with E-state index in [2.05, 4.69) is 20.8 Å². The van der Waals surface area contributed by atoms with Crippen molar-refractivity contribution in [1.82, 2.24) is 0 Å². The van der Waals surface area contributed by atoms with Gasteiger partial charge in [0, 0.05) is 0 Å². The maximum absolute atomic E-state index is 2.45. The van der Waals surface area contributed by atoms with Gasteiger partial charge in [0.25, 0.3) is 0 Å². The zero-order chi connectivity index (χ0) is 8.72. The monoisotopic (exact) mass is 166 g/mol. The van der Waals surface area contributed by atoms with E-state index in [0.717, 1.165) is 11.8 Å². The van der Waals surface area contributed by atoms with Gasteiger partial charge in [-0.1, -0.05) is 27.2 Å². The summed E-state index contributed by atoms with van der Waals surface area (Å²) in [4.78, 5) is 0. The highest BCUT2D eigenvalue weighted by molar-refractivity contribution is 5.11. The Morgan fingerprint density at radius 3 is 2.25 bits per heavy atom. The highest BCUT2D eigenvalue weighted by atomic mass is 14.7. The summed E-state index contributed by atoms with van der Waals surface area (Å²) in [5, 5.41) is 0. The van der Waals surface area contributed by atoms with Gasteiger partial charge in [0.2, 0.25) is 0 Å². The first-order valence-electron chi connectivity index (χ1n) is 5.72. The molecule has 0 heteroatoms. The van der Waals surface area contributed by atoms with Crippen LogP contribution in [0.3, 0.4) is 0 Å². The molecule has 0 spiro atoms. The Balaban J connectivity index is 1.60. The van der Waals surface area contributed by atoms with Gasteiger partial charge >= 0.3 is 0 Å². The van der Waals surface area contributed by atoms with Gasteiger partial charge in [-0.05, 0) is 48.9 Å². The highest BCUT2D eigenvalue weighted by Crippen LogP contribution is 2.70. The fraction of sp³-hybridized carbons (Fsp3) is 1.00. The van der Waals surface area contributed by atoms with Crippen molar-refractivity contribution < 1.29 is 0 Å². The largest absolute Gasteiger partial charge is 0.0651 e. The first-order valence-corrected chi connectivity index (χ1v) is 5.72. The summed E-state index contributed by atoms with van der Waals surface area (Å²) < 4.78 is 0. The van der Waals surface area contributed by atoms with E-state index >= 15 is 0 Å². The standard InChI is InChI=1S/C12H22/c1-4-8(2)5-9(3)6-10-11-7-12(10)11/h8-12H,4-7H2,1-3H3. The molecule has 4 atom stereocenters. The molecule has 0 saturated heterocycles. The normalized spacial score (nSPS) is 41.8. The average molecular weight is 166 g/mol. The fourth-order valence-electron chi connectivity index (χ4n) is 2.68. The maximum atomic E-state index is 2.45. The molecule has 0 aliphatic heterocycles. The summed E-state index contributed by atoms with van der Waals surface area (Å²) in [5.74, 6) is 5.56. The molecule has 0 radical (unpaired) electrons. The Morgan fingerprint density at radius 2 is 1.83 bits per heavy atom. The Kier molecular flexibility index (Phi) is 2.18. The highest BCUT2D eigenvalue weighted by Gasteiger charge is 2.63. The molecule has 0 aromatic carbocycles. The molecule has 2 rings (SSSR count). The molecule has 4 unspecified atom stereocenters. The van der Waals surface area contributed by atoms with Crippen molar-refractivity contribution in [2.45, 2.75) is 46.5 Å². The van der Waals surface area contributed by atoms with Crippen molar-refractivity contribution >= 4 is 0 Å². The lowest BCUT2D eigenvalue weighted by Gasteiger charge is -2.16. The van der Waals surface area contributed by atoms with E-state index in [1.54, 1.807) is 12.8 Å². The van der Waals surface area contributed by atoms with Crippen molar-refractivity contribution in [3.63, 3.8) is 0 Å². The molecule has 70 valence electrons. The zero-order valence-electron chi connectivity index (χ0n) is 8.72. The van der Waals surface area contributed by atoms with Gasteiger partial charge in [0.15, 0.2) is 0 Å². The molecule has 2 aliphatic rings. The average Bonchev–Trinajstić information content (AvgIpc) is 2.87. The van der Waals surface area contributed by atoms with E-state index in [-0.39, 0.29) is 0 Å². The smallest absolute Gasteiger partial charge is 0.0349 e. The van der Waals surface area contributed by atoms with Crippen LogP contribution < -0.4 is 0 Å². The van der Waals surface area contributed by atoms with Crippen LogP contribution >= 0.6 is 0 Å². The van der Waals surface area contributed by atoms with Crippen LogP contribution in [0.5, 0.6) is 0 Å². The third kappa shape index (κ3) is 1.67. The van der Waals surface area contributed by atoms with Gasteiger partial charge in [-0.2, -0.15) is 0 Å². The quantitative estimate of drug-likeness (QED) is 0.584. The minimum Gasteiger partial charge on any atom is -0.0651 e. The molecule has 0 bridgehead atoms. The minimum absolute atomic E-state index is 0.954. The van der Waals surface area contributed by atoms with Crippen LogP contribution in [-0.2, 0) is 0 Å². The van der Waals surface area contributed by atoms with E-state index in [1.807, 2.05) is 0 Å².